The lowest BCUT2D eigenvalue weighted by molar-refractivity contribution is -0.129. The lowest BCUT2D eigenvalue weighted by Gasteiger charge is -2.42. The highest BCUT2D eigenvalue weighted by atomic mass is 16.7. The number of likely N-dealkylation sites (tertiary alicyclic amines) is 1. The standard InChI is InChI=1S/C23H24N2O5/c1-25-11-10-23(9-8-21(25)26)13-17(16-4-2-3-5-18(16)30-23)24-22(27)15-6-7-19-20(12-15)29-14-28-19/h2-7,12,17H,8-11,13-14H2,1H3,(H,24,27)/t17-,23+/m0/s1. The van der Waals surface area contributed by atoms with Crippen LogP contribution in [0.4, 0.5) is 0 Å². The van der Waals surface area contributed by atoms with Crippen LogP contribution in [-0.2, 0) is 4.79 Å². The van der Waals surface area contributed by atoms with Gasteiger partial charge < -0.3 is 24.4 Å². The van der Waals surface area contributed by atoms with Crippen molar-refractivity contribution in [2.45, 2.75) is 37.3 Å². The molecule has 30 heavy (non-hydrogen) atoms. The van der Waals surface area contributed by atoms with E-state index in [1.165, 1.54) is 0 Å². The average Bonchev–Trinajstić information content (AvgIpc) is 3.19. The normalized spacial score (nSPS) is 24.8. The number of carbonyl (C=O) groups excluding carboxylic acids is 2. The van der Waals surface area contributed by atoms with Crippen molar-refractivity contribution in [2.75, 3.05) is 20.4 Å². The van der Waals surface area contributed by atoms with E-state index < -0.39 is 5.60 Å². The molecule has 2 amide bonds. The zero-order valence-corrected chi connectivity index (χ0v) is 16.8. The second-order valence-corrected chi connectivity index (χ2v) is 8.19. The van der Waals surface area contributed by atoms with E-state index in [4.69, 9.17) is 14.2 Å². The van der Waals surface area contributed by atoms with Gasteiger partial charge in [0, 0.05) is 44.0 Å². The maximum atomic E-state index is 13.1. The minimum Gasteiger partial charge on any atom is -0.487 e. The lowest BCUT2D eigenvalue weighted by Crippen LogP contribution is -2.45. The number of hydrogen-bond acceptors (Lipinski definition) is 5. The van der Waals surface area contributed by atoms with E-state index >= 15 is 0 Å². The zero-order valence-electron chi connectivity index (χ0n) is 16.8. The smallest absolute Gasteiger partial charge is 0.251 e. The van der Waals surface area contributed by atoms with Gasteiger partial charge in [-0.15, -0.1) is 0 Å². The van der Waals surface area contributed by atoms with Crippen LogP contribution in [0.1, 0.15) is 47.6 Å². The van der Waals surface area contributed by atoms with Gasteiger partial charge in [-0.05, 0) is 30.7 Å². The summed E-state index contributed by atoms with van der Waals surface area (Å²) in [5, 5.41) is 3.18. The van der Waals surface area contributed by atoms with Gasteiger partial charge in [0.15, 0.2) is 11.5 Å². The first-order chi connectivity index (χ1) is 14.5. The summed E-state index contributed by atoms with van der Waals surface area (Å²) in [5.41, 5.74) is 1.01. The number of nitrogens with one attached hydrogen (secondary N) is 1. The highest BCUT2D eigenvalue weighted by molar-refractivity contribution is 5.95. The molecule has 2 atom stereocenters. The predicted molar refractivity (Wildman–Crippen MR) is 109 cm³/mol. The summed E-state index contributed by atoms with van der Waals surface area (Å²) >= 11 is 0. The maximum Gasteiger partial charge on any atom is 0.251 e. The molecule has 7 nitrogen and oxygen atoms in total. The summed E-state index contributed by atoms with van der Waals surface area (Å²) in [6.07, 6.45) is 2.45. The molecular formula is C23H24N2O5. The molecule has 1 N–H and O–H groups in total. The Morgan fingerprint density at radius 3 is 2.83 bits per heavy atom. The summed E-state index contributed by atoms with van der Waals surface area (Å²) in [5.74, 6) is 1.96. The highest BCUT2D eigenvalue weighted by Crippen LogP contribution is 2.44. The Labute approximate surface area is 174 Å². The van der Waals surface area contributed by atoms with E-state index in [2.05, 4.69) is 5.32 Å². The number of para-hydroxylation sites is 1. The molecule has 0 unspecified atom stereocenters. The monoisotopic (exact) mass is 408 g/mol. The van der Waals surface area contributed by atoms with E-state index in [0.717, 1.165) is 17.7 Å². The van der Waals surface area contributed by atoms with Crippen LogP contribution >= 0.6 is 0 Å². The molecule has 0 saturated carbocycles. The second-order valence-electron chi connectivity index (χ2n) is 8.19. The van der Waals surface area contributed by atoms with Crippen LogP contribution in [0.5, 0.6) is 17.2 Å². The minimum atomic E-state index is -0.471. The van der Waals surface area contributed by atoms with E-state index in [1.54, 1.807) is 23.1 Å². The molecule has 2 aromatic carbocycles. The molecule has 3 heterocycles. The highest BCUT2D eigenvalue weighted by Gasteiger charge is 2.43. The van der Waals surface area contributed by atoms with Gasteiger partial charge in [-0.3, -0.25) is 9.59 Å². The van der Waals surface area contributed by atoms with E-state index in [9.17, 15) is 9.59 Å². The molecular weight excluding hydrogens is 384 g/mol. The molecule has 0 aromatic heterocycles. The van der Waals surface area contributed by atoms with Gasteiger partial charge in [-0.25, -0.2) is 0 Å². The Morgan fingerprint density at radius 1 is 1.10 bits per heavy atom. The van der Waals surface area contributed by atoms with Crippen molar-refractivity contribution in [1.29, 1.82) is 0 Å². The average molecular weight is 408 g/mol. The quantitative estimate of drug-likeness (QED) is 0.827. The van der Waals surface area contributed by atoms with Crippen LogP contribution in [0.2, 0.25) is 0 Å². The zero-order chi connectivity index (χ0) is 20.7. The van der Waals surface area contributed by atoms with Crippen molar-refractivity contribution in [1.82, 2.24) is 10.2 Å². The van der Waals surface area contributed by atoms with Crippen LogP contribution in [0.3, 0.4) is 0 Å². The number of amides is 2. The number of hydrogen-bond donors (Lipinski definition) is 1. The number of benzene rings is 2. The fraction of sp³-hybridized carbons (Fsp3) is 0.391. The first-order valence-corrected chi connectivity index (χ1v) is 10.3. The Kier molecular flexibility index (Phi) is 4.53. The van der Waals surface area contributed by atoms with Crippen molar-refractivity contribution in [3.63, 3.8) is 0 Å². The number of rotatable bonds is 2. The Bertz CT molecular complexity index is 1010. The molecule has 3 aliphatic heterocycles. The molecule has 1 fully saturated rings. The fourth-order valence-electron chi connectivity index (χ4n) is 4.48. The van der Waals surface area contributed by atoms with Crippen molar-refractivity contribution < 1.29 is 23.8 Å². The Hall–Kier alpha value is -3.22. The molecule has 1 saturated heterocycles. The van der Waals surface area contributed by atoms with Gasteiger partial charge in [0.25, 0.3) is 5.91 Å². The van der Waals surface area contributed by atoms with Gasteiger partial charge in [0.1, 0.15) is 11.4 Å². The molecule has 1 spiro atoms. The first-order valence-electron chi connectivity index (χ1n) is 10.3. The van der Waals surface area contributed by atoms with Crippen LogP contribution in [0.15, 0.2) is 42.5 Å². The number of carbonyl (C=O) groups is 2. The van der Waals surface area contributed by atoms with Crippen LogP contribution in [0, 0.1) is 0 Å². The third kappa shape index (κ3) is 3.34. The second kappa shape index (κ2) is 7.23. The maximum absolute atomic E-state index is 13.1. The van der Waals surface area contributed by atoms with Gasteiger partial charge in [-0.1, -0.05) is 18.2 Å². The third-order valence-electron chi connectivity index (χ3n) is 6.26. The van der Waals surface area contributed by atoms with E-state index in [1.807, 2.05) is 31.3 Å². The largest absolute Gasteiger partial charge is 0.487 e. The van der Waals surface area contributed by atoms with Crippen molar-refractivity contribution >= 4 is 11.8 Å². The minimum absolute atomic E-state index is 0.135. The summed E-state index contributed by atoms with van der Waals surface area (Å²) < 4.78 is 17.2. The van der Waals surface area contributed by atoms with Crippen LogP contribution < -0.4 is 19.5 Å². The lowest BCUT2D eigenvalue weighted by atomic mass is 9.82. The first kappa shape index (κ1) is 18.8. The summed E-state index contributed by atoms with van der Waals surface area (Å²) in [6.45, 7) is 0.813. The molecule has 156 valence electrons. The topological polar surface area (TPSA) is 77.1 Å². The van der Waals surface area contributed by atoms with Gasteiger partial charge in [0.05, 0.1) is 6.04 Å². The molecule has 2 aromatic rings. The van der Waals surface area contributed by atoms with Crippen LogP contribution in [0.25, 0.3) is 0 Å². The van der Waals surface area contributed by atoms with E-state index in [-0.39, 0.29) is 24.6 Å². The summed E-state index contributed by atoms with van der Waals surface area (Å²) in [6, 6.07) is 12.8. The predicted octanol–water partition coefficient (Wildman–Crippen LogP) is 3.05. The summed E-state index contributed by atoms with van der Waals surface area (Å²) in [4.78, 5) is 27.0. The Morgan fingerprint density at radius 2 is 1.93 bits per heavy atom. The molecule has 3 aliphatic rings. The van der Waals surface area contributed by atoms with Crippen molar-refractivity contribution in [3.05, 3.63) is 53.6 Å². The SMILES string of the molecule is CN1CC[C@]2(CCC1=O)C[C@H](NC(=O)c1ccc3c(c1)OCO3)c1ccccc1O2. The third-order valence-corrected chi connectivity index (χ3v) is 6.26. The van der Waals surface area contributed by atoms with Crippen LogP contribution in [-0.4, -0.2) is 42.7 Å². The van der Waals surface area contributed by atoms with Gasteiger partial charge in [-0.2, -0.15) is 0 Å². The fourth-order valence-corrected chi connectivity index (χ4v) is 4.48. The van der Waals surface area contributed by atoms with Gasteiger partial charge in [0.2, 0.25) is 12.7 Å². The van der Waals surface area contributed by atoms with Crippen molar-refractivity contribution in [2.24, 2.45) is 0 Å². The van der Waals surface area contributed by atoms with E-state index in [0.29, 0.717) is 42.9 Å². The molecule has 0 aliphatic carbocycles. The molecule has 7 heteroatoms. The number of fused-ring (bicyclic) bond motifs is 2. The Balaban J connectivity index is 1.42. The number of ether oxygens (including phenoxy) is 3. The van der Waals surface area contributed by atoms with Gasteiger partial charge >= 0.3 is 0 Å². The van der Waals surface area contributed by atoms with Crippen molar-refractivity contribution in [3.8, 4) is 17.2 Å². The number of nitrogens with zero attached hydrogens (tertiary/aromatic N) is 1. The summed E-state index contributed by atoms with van der Waals surface area (Å²) in [7, 11) is 1.83. The molecule has 0 bridgehead atoms. The molecule has 0 radical (unpaired) electrons. The molecule has 5 rings (SSSR count).